The summed E-state index contributed by atoms with van der Waals surface area (Å²) in [5.41, 5.74) is -0.300. The van der Waals surface area contributed by atoms with E-state index in [9.17, 15) is 9.59 Å². The summed E-state index contributed by atoms with van der Waals surface area (Å²) in [6.07, 6.45) is 3.49. The number of rotatable bonds is 3. The lowest BCUT2D eigenvalue weighted by Gasteiger charge is -2.36. The molecule has 0 saturated heterocycles. The van der Waals surface area contributed by atoms with Gasteiger partial charge in [0.05, 0.1) is 5.92 Å². The molecule has 0 radical (unpaired) electrons. The van der Waals surface area contributed by atoms with Gasteiger partial charge in [-0.3, -0.25) is 9.59 Å². The van der Waals surface area contributed by atoms with Crippen molar-refractivity contribution < 1.29 is 9.59 Å². The zero-order chi connectivity index (χ0) is 11.6. The van der Waals surface area contributed by atoms with E-state index < -0.39 is 0 Å². The second-order valence-corrected chi connectivity index (χ2v) is 5.45. The fourth-order valence-electron chi connectivity index (χ4n) is 2.59. The van der Waals surface area contributed by atoms with Crippen LogP contribution in [0.5, 0.6) is 0 Å². The monoisotopic (exact) mass is 210 g/mol. The molecule has 2 atom stereocenters. The molecular formula is C13H22O2. The van der Waals surface area contributed by atoms with Crippen molar-refractivity contribution in [3.63, 3.8) is 0 Å². The van der Waals surface area contributed by atoms with Crippen LogP contribution in [-0.4, -0.2) is 11.6 Å². The number of Topliss-reactive ketones (excluding diaryl/α,β-unsaturated/α-hetero) is 2. The van der Waals surface area contributed by atoms with Crippen molar-refractivity contribution in [1.29, 1.82) is 0 Å². The highest BCUT2D eigenvalue weighted by atomic mass is 16.2. The Kier molecular flexibility index (Phi) is 3.69. The van der Waals surface area contributed by atoms with E-state index in [-0.39, 0.29) is 28.8 Å². The lowest BCUT2D eigenvalue weighted by molar-refractivity contribution is -0.146. The van der Waals surface area contributed by atoms with E-state index in [0.29, 0.717) is 6.42 Å². The molecule has 2 heteroatoms. The molecule has 0 heterocycles. The molecule has 0 bridgehead atoms. The SMILES string of the molecule is CCCCC1C(=O)C(C)CC(C)(C)C1=O. The van der Waals surface area contributed by atoms with E-state index in [1.54, 1.807) is 0 Å². The average molecular weight is 210 g/mol. The van der Waals surface area contributed by atoms with Crippen molar-refractivity contribution in [3.05, 3.63) is 0 Å². The zero-order valence-electron chi connectivity index (χ0n) is 10.3. The number of ketones is 2. The molecule has 0 N–H and O–H groups in total. The maximum absolute atomic E-state index is 12.1. The first-order valence-electron chi connectivity index (χ1n) is 5.98. The molecule has 0 spiro atoms. The summed E-state index contributed by atoms with van der Waals surface area (Å²) < 4.78 is 0. The summed E-state index contributed by atoms with van der Waals surface area (Å²) in [6.45, 7) is 7.98. The Hall–Kier alpha value is -0.660. The summed E-state index contributed by atoms with van der Waals surface area (Å²) >= 11 is 0. The van der Waals surface area contributed by atoms with Crippen LogP contribution in [0.4, 0.5) is 0 Å². The van der Waals surface area contributed by atoms with Gasteiger partial charge in [0.2, 0.25) is 0 Å². The van der Waals surface area contributed by atoms with Crippen LogP contribution in [0.3, 0.4) is 0 Å². The van der Waals surface area contributed by atoms with Crippen LogP contribution in [0.2, 0.25) is 0 Å². The predicted molar refractivity (Wildman–Crippen MR) is 60.6 cm³/mol. The number of carbonyl (C=O) groups is 2. The number of carbonyl (C=O) groups excluding carboxylic acids is 2. The second-order valence-electron chi connectivity index (χ2n) is 5.45. The van der Waals surface area contributed by atoms with Crippen molar-refractivity contribution >= 4 is 11.6 Å². The van der Waals surface area contributed by atoms with Crippen LogP contribution in [0.1, 0.15) is 53.4 Å². The quantitative estimate of drug-likeness (QED) is 0.671. The first-order valence-corrected chi connectivity index (χ1v) is 5.98. The van der Waals surface area contributed by atoms with E-state index in [2.05, 4.69) is 6.92 Å². The maximum Gasteiger partial charge on any atom is 0.148 e. The molecule has 1 fully saturated rings. The zero-order valence-corrected chi connectivity index (χ0v) is 10.3. The first kappa shape index (κ1) is 12.4. The minimum atomic E-state index is -0.316. The van der Waals surface area contributed by atoms with Crippen LogP contribution < -0.4 is 0 Å². The normalized spacial score (nSPS) is 30.7. The number of hydrogen-bond donors (Lipinski definition) is 0. The van der Waals surface area contributed by atoms with Gasteiger partial charge in [0.15, 0.2) is 0 Å². The summed E-state index contributed by atoms with van der Waals surface area (Å²) in [7, 11) is 0. The minimum absolute atomic E-state index is 0.0551. The lowest BCUT2D eigenvalue weighted by atomic mass is 9.65. The first-order chi connectivity index (χ1) is 6.90. The molecule has 0 aliphatic heterocycles. The van der Waals surface area contributed by atoms with Crippen molar-refractivity contribution in [3.8, 4) is 0 Å². The Bertz CT molecular complexity index is 266. The Morgan fingerprint density at radius 2 is 1.93 bits per heavy atom. The van der Waals surface area contributed by atoms with Gasteiger partial charge in [-0.25, -0.2) is 0 Å². The third-order valence-corrected chi connectivity index (χ3v) is 3.48. The number of unbranched alkanes of at least 4 members (excludes halogenated alkanes) is 1. The maximum atomic E-state index is 12.1. The Labute approximate surface area is 92.4 Å². The Morgan fingerprint density at radius 3 is 2.47 bits per heavy atom. The molecule has 0 aromatic rings. The van der Waals surface area contributed by atoms with Crippen molar-refractivity contribution in [2.75, 3.05) is 0 Å². The van der Waals surface area contributed by atoms with Crippen molar-refractivity contribution in [2.24, 2.45) is 17.3 Å². The molecular weight excluding hydrogens is 188 g/mol. The molecule has 86 valence electrons. The van der Waals surface area contributed by atoms with Crippen LogP contribution in [-0.2, 0) is 9.59 Å². The number of hydrogen-bond acceptors (Lipinski definition) is 2. The highest BCUT2D eigenvalue weighted by molar-refractivity contribution is 6.07. The highest BCUT2D eigenvalue weighted by Crippen LogP contribution is 2.38. The molecule has 1 rings (SSSR count). The van der Waals surface area contributed by atoms with Crippen LogP contribution in [0, 0.1) is 17.3 Å². The van der Waals surface area contributed by atoms with Gasteiger partial charge in [-0.15, -0.1) is 0 Å². The van der Waals surface area contributed by atoms with E-state index in [1.807, 2.05) is 20.8 Å². The van der Waals surface area contributed by atoms with Gasteiger partial charge in [0.1, 0.15) is 11.6 Å². The third kappa shape index (κ3) is 2.47. The molecule has 2 unspecified atom stereocenters. The van der Waals surface area contributed by atoms with Crippen molar-refractivity contribution in [2.45, 2.75) is 53.4 Å². The van der Waals surface area contributed by atoms with Crippen molar-refractivity contribution in [1.82, 2.24) is 0 Å². The van der Waals surface area contributed by atoms with Gasteiger partial charge in [-0.1, -0.05) is 40.5 Å². The molecule has 15 heavy (non-hydrogen) atoms. The summed E-state index contributed by atoms with van der Waals surface area (Å²) in [5, 5.41) is 0. The van der Waals surface area contributed by atoms with Gasteiger partial charge in [-0.05, 0) is 12.8 Å². The predicted octanol–water partition coefficient (Wildman–Crippen LogP) is 3.00. The van der Waals surface area contributed by atoms with E-state index in [1.165, 1.54) is 0 Å². The third-order valence-electron chi connectivity index (χ3n) is 3.48. The molecule has 0 aromatic heterocycles. The minimum Gasteiger partial charge on any atom is -0.299 e. The smallest absolute Gasteiger partial charge is 0.148 e. The molecule has 1 aliphatic carbocycles. The largest absolute Gasteiger partial charge is 0.299 e. The Morgan fingerprint density at radius 1 is 1.33 bits per heavy atom. The van der Waals surface area contributed by atoms with Crippen LogP contribution in [0.25, 0.3) is 0 Å². The summed E-state index contributed by atoms with van der Waals surface area (Å²) in [6, 6.07) is 0. The van der Waals surface area contributed by atoms with Gasteiger partial charge in [0, 0.05) is 11.3 Å². The van der Waals surface area contributed by atoms with E-state index in [0.717, 1.165) is 19.3 Å². The summed E-state index contributed by atoms with van der Waals surface area (Å²) in [4.78, 5) is 24.0. The lowest BCUT2D eigenvalue weighted by Crippen LogP contribution is -2.44. The molecule has 1 aliphatic rings. The highest BCUT2D eigenvalue weighted by Gasteiger charge is 2.44. The molecule has 0 amide bonds. The molecule has 0 aromatic carbocycles. The topological polar surface area (TPSA) is 34.1 Å². The van der Waals surface area contributed by atoms with Gasteiger partial charge < -0.3 is 0 Å². The van der Waals surface area contributed by atoms with Crippen LogP contribution in [0.15, 0.2) is 0 Å². The van der Waals surface area contributed by atoms with E-state index >= 15 is 0 Å². The fraction of sp³-hybridized carbons (Fsp3) is 0.846. The Balaban J connectivity index is 2.81. The molecule has 2 nitrogen and oxygen atoms in total. The van der Waals surface area contributed by atoms with Gasteiger partial charge in [-0.2, -0.15) is 0 Å². The fourth-order valence-corrected chi connectivity index (χ4v) is 2.59. The average Bonchev–Trinajstić information content (AvgIpc) is 2.15. The summed E-state index contributed by atoms with van der Waals surface area (Å²) in [5.74, 6) is 0.0788. The van der Waals surface area contributed by atoms with Gasteiger partial charge >= 0.3 is 0 Å². The standard InChI is InChI=1S/C13H22O2/c1-5-6-7-10-11(14)9(2)8-13(3,4)12(10)15/h9-10H,5-8H2,1-4H3. The van der Waals surface area contributed by atoms with Gasteiger partial charge in [0.25, 0.3) is 0 Å². The van der Waals surface area contributed by atoms with Crippen LogP contribution >= 0.6 is 0 Å². The second kappa shape index (κ2) is 4.46. The van der Waals surface area contributed by atoms with E-state index in [4.69, 9.17) is 0 Å². The molecule has 1 saturated carbocycles.